The van der Waals surface area contributed by atoms with Crippen LogP contribution in [-0.2, 0) is 9.53 Å². The number of carbonyl (C=O) groups excluding carboxylic acids is 2. The van der Waals surface area contributed by atoms with E-state index in [1.165, 1.54) is 0 Å². The second-order valence-electron chi connectivity index (χ2n) is 6.76. The molecular formula is C22H22N2O4. The van der Waals surface area contributed by atoms with Crippen LogP contribution in [-0.4, -0.2) is 17.0 Å². The minimum absolute atomic E-state index is 0.236. The van der Waals surface area contributed by atoms with Crippen molar-refractivity contribution in [3.8, 4) is 0 Å². The van der Waals surface area contributed by atoms with Crippen LogP contribution in [0.2, 0.25) is 0 Å². The number of aryl methyl sites for hydroxylation is 4. The molecule has 0 aliphatic heterocycles. The Bertz CT molecular complexity index is 969. The third-order valence-corrected chi connectivity index (χ3v) is 4.29. The van der Waals surface area contributed by atoms with Gasteiger partial charge in [0, 0.05) is 11.3 Å². The van der Waals surface area contributed by atoms with E-state index in [-0.39, 0.29) is 5.56 Å². The highest BCUT2D eigenvalue weighted by molar-refractivity contribution is 5.98. The lowest BCUT2D eigenvalue weighted by atomic mass is 10.1. The molecule has 1 atom stereocenters. The molecule has 3 rings (SSSR count). The summed E-state index contributed by atoms with van der Waals surface area (Å²) < 4.78 is 10.6. The molecule has 0 saturated heterocycles. The molecule has 0 saturated carbocycles. The predicted molar refractivity (Wildman–Crippen MR) is 105 cm³/mol. The first-order valence-corrected chi connectivity index (χ1v) is 8.93. The topological polar surface area (TPSA) is 81.4 Å². The minimum atomic E-state index is -1.11. The van der Waals surface area contributed by atoms with Gasteiger partial charge in [-0.1, -0.05) is 41.6 Å². The highest BCUT2D eigenvalue weighted by Crippen LogP contribution is 2.24. The van der Waals surface area contributed by atoms with Crippen LogP contribution in [0.3, 0.4) is 0 Å². The number of aromatic nitrogens is 1. The van der Waals surface area contributed by atoms with Crippen molar-refractivity contribution in [2.24, 2.45) is 0 Å². The fourth-order valence-electron chi connectivity index (χ4n) is 3.10. The Labute approximate surface area is 163 Å². The zero-order valence-electron chi connectivity index (χ0n) is 16.3. The van der Waals surface area contributed by atoms with E-state index in [9.17, 15) is 9.59 Å². The molecule has 3 aromatic rings. The zero-order chi connectivity index (χ0) is 20.3. The van der Waals surface area contributed by atoms with Crippen molar-refractivity contribution in [1.29, 1.82) is 0 Å². The van der Waals surface area contributed by atoms with Crippen molar-refractivity contribution in [1.82, 2.24) is 5.16 Å². The molecule has 1 unspecified atom stereocenters. The van der Waals surface area contributed by atoms with Gasteiger partial charge in [0.2, 0.25) is 6.10 Å². The van der Waals surface area contributed by atoms with Gasteiger partial charge in [-0.15, -0.1) is 0 Å². The lowest BCUT2D eigenvalue weighted by Crippen LogP contribution is -2.26. The lowest BCUT2D eigenvalue weighted by molar-refractivity contribution is -0.125. The number of benzene rings is 2. The van der Waals surface area contributed by atoms with Crippen LogP contribution in [0.5, 0.6) is 0 Å². The summed E-state index contributed by atoms with van der Waals surface area (Å²) in [5, 5.41) is 6.62. The van der Waals surface area contributed by atoms with Gasteiger partial charge in [-0.3, -0.25) is 4.79 Å². The second kappa shape index (κ2) is 8.08. The normalized spacial score (nSPS) is 11.7. The van der Waals surface area contributed by atoms with Crippen LogP contribution in [0.25, 0.3) is 0 Å². The van der Waals surface area contributed by atoms with Crippen LogP contribution in [0.1, 0.15) is 44.6 Å². The van der Waals surface area contributed by atoms with Crippen LogP contribution in [0.15, 0.2) is 53.1 Å². The second-order valence-corrected chi connectivity index (χ2v) is 6.76. The molecule has 1 heterocycles. The van der Waals surface area contributed by atoms with Crippen molar-refractivity contribution < 1.29 is 18.8 Å². The van der Waals surface area contributed by atoms with E-state index in [1.54, 1.807) is 38.1 Å². The predicted octanol–water partition coefficient (Wildman–Crippen LogP) is 4.45. The van der Waals surface area contributed by atoms with E-state index < -0.39 is 18.0 Å². The largest absolute Gasteiger partial charge is 0.444 e. The van der Waals surface area contributed by atoms with E-state index in [0.29, 0.717) is 22.7 Å². The Hall–Kier alpha value is -3.41. The SMILES string of the molecule is Cc1cc(C)cc(NC(=O)C(OC(=O)c2c(C)noc2C)c2ccccc2)c1. The van der Waals surface area contributed by atoms with Crippen LogP contribution < -0.4 is 5.32 Å². The minimum Gasteiger partial charge on any atom is -0.444 e. The van der Waals surface area contributed by atoms with Gasteiger partial charge in [0.1, 0.15) is 11.3 Å². The van der Waals surface area contributed by atoms with Gasteiger partial charge in [-0.2, -0.15) is 0 Å². The summed E-state index contributed by atoms with van der Waals surface area (Å²) in [6.45, 7) is 7.19. The number of nitrogens with zero attached hydrogens (tertiary/aromatic N) is 1. The number of hydrogen-bond acceptors (Lipinski definition) is 5. The third-order valence-electron chi connectivity index (χ3n) is 4.29. The molecular weight excluding hydrogens is 356 g/mol. The molecule has 6 heteroatoms. The molecule has 1 amide bonds. The fraction of sp³-hybridized carbons (Fsp3) is 0.227. The average Bonchev–Trinajstić information content (AvgIpc) is 2.97. The quantitative estimate of drug-likeness (QED) is 0.664. The molecule has 28 heavy (non-hydrogen) atoms. The lowest BCUT2D eigenvalue weighted by Gasteiger charge is -2.18. The number of ether oxygens (including phenoxy) is 1. The number of nitrogens with one attached hydrogen (secondary N) is 1. The summed E-state index contributed by atoms with van der Waals surface area (Å²) >= 11 is 0. The summed E-state index contributed by atoms with van der Waals surface area (Å²) in [5.74, 6) is -0.735. The highest BCUT2D eigenvalue weighted by Gasteiger charge is 2.28. The molecule has 0 radical (unpaired) electrons. The van der Waals surface area contributed by atoms with Crippen LogP contribution in [0, 0.1) is 27.7 Å². The Kier molecular flexibility index (Phi) is 5.59. The molecule has 1 aromatic heterocycles. The van der Waals surface area contributed by atoms with Gasteiger partial charge in [-0.05, 0) is 51.0 Å². The van der Waals surface area contributed by atoms with E-state index in [4.69, 9.17) is 9.26 Å². The molecule has 6 nitrogen and oxygen atoms in total. The van der Waals surface area contributed by atoms with Crippen LogP contribution in [0.4, 0.5) is 5.69 Å². The van der Waals surface area contributed by atoms with Gasteiger partial charge >= 0.3 is 5.97 Å². The summed E-state index contributed by atoms with van der Waals surface area (Å²) in [7, 11) is 0. The van der Waals surface area contributed by atoms with Crippen molar-refractivity contribution in [3.63, 3.8) is 0 Å². The Morgan fingerprint density at radius 1 is 1.00 bits per heavy atom. The maximum absolute atomic E-state index is 13.0. The van der Waals surface area contributed by atoms with E-state index in [1.807, 2.05) is 38.1 Å². The van der Waals surface area contributed by atoms with E-state index >= 15 is 0 Å². The van der Waals surface area contributed by atoms with Crippen LogP contribution >= 0.6 is 0 Å². The van der Waals surface area contributed by atoms with Gasteiger partial charge < -0.3 is 14.6 Å². The first kappa shape index (κ1) is 19.4. The number of carbonyl (C=O) groups is 2. The van der Waals surface area contributed by atoms with E-state index in [0.717, 1.165) is 11.1 Å². The molecule has 0 bridgehead atoms. The van der Waals surface area contributed by atoms with Crippen molar-refractivity contribution in [3.05, 3.63) is 82.2 Å². The fourth-order valence-corrected chi connectivity index (χ4v) is 3.10. The van der Waals surface area contributed by atoms with Gasteiger partial charge in [0.25, 0.3) is 5.91 Å². The molecule has 0 spiro atoms. The molecule has 2 aromatic carbocycles. The van der Waals surface area contributed by atoms with Gasteiger partial charge in [0.05, 0.1) is 5.69 Å². The van der Waals surface area contributed by atoms with Crippen molar-refractivity contribution in [2.45, 2.75) is 33.8 Å². The van der Waals surface area contributed by atoms with Gasteiger partial charge in [0.15, 0.2) is 0 Å². The molecule has 0 aliphatic rings. The Balaban J connectivity index is 1.89. The number of anilines is 1. The third kappa shape index (κ3) is 4.28. The Morgan fingerprint density at radius 3 is 2.21 bits per heavy atom. The van der Waals surface area contributed by atoms with Crippen molar-refractivity contribution in [2.75, 3.05) is 5.32 Å². The number of hydrogen-bond donors (Lipinski definition) is 1. The first-order valence-electron chi connectivity index (χ1n) is 8.93. The maximum atomic E-state index is 13.0. The smallest absolute Gasteiger partial charge is 0.344 e. The molecule has 144 valence electrons. The summed E-state index contributed by atoms with van der Waals surface area (Å²) in [6, 6.07) is 14.6. The molecule has 1 N–H and O–H groups in total. The highest BCUT2D eigenvalue weighted by atomic mass is 16.6. The van der Waals surface area contributed by atoms with Crippen molar-refractivity contribution >= 4 is 17.6 Å². The monoisotopic (exact) mass is 378 g/mol. The number of rotatable bonds is 5. The molecule has 0 fully saturated rings. The van der Waals surface area contributed by atoms with Gasteiger partial charge in [-0.25, -0.2) is 4.79 Å². The summed E-state index contributed by atoms with van der Waals surface area (Å²) in [5.41, 5.74) is 3.93. The summed E-state index contributed by atoms with van der Waals surface area (Å²) in [6.07, 6.45) is -1.11. The standard InChI is InChI=1S/C22H22N2O4/c1-13-10-14(2)12-18(11-13)23-21(25)20(17-8-6-5-7-9-17)27-22(26)19-15(3)24-28-16(19)4/h5-12,20H,1-4H3,(H,23,25). The van der Waals surface area contributed by atoms with E-state index in [2.05, 4.69) is 10.5 Å². The average molecular weight is 378 g/mol. The number of esters is 1. The summed E-state index contributed by atoms with van der Waals surface area (Å²) in [4.78, 5) is 25.7. The first-order chi connectivity index (χ1) is 13.3. The Morgan fingerprint density at radius 2 is 1.64 bits per heavy atom. The maximum Gasteiger partial charge on any atom is 0.344 e. The zero-order valence-corrected chi connectivity index (χ0v) is 16.3. The molecule has 0 aliphatic carbocycles. The number of amides is 1.